The second kappa shape index (κ2) is 9.27. The zero-order valence-electron chi connectivity index (χ0n) is 15.2. The number of hydrogen-bond donors (Lipinski definition) is 1. The number of nitrogens with one attached hydrogen (secondary N) is 1. The van der Waals surface area contributed by atoms with Gasteiger partial charge in [0.15, 0.2) is 11.5 Å². The Balaban J connectivity index is 2.21. The number of rotatable bonds is 8. The summed E-state index contributed by atoms with van der Waals surface area (Å²) < 4.78 is 48.4. The van der Waals surface area contributed by atoms with Gasteiger partial charge in [0.2, 0.25) is 0 Å². The highest BCUT2D eigenvalue weighted by Gasteiger charge is 2.22. The fourth-order valence-corrected chi connectivity index (χ4v) is 2.66. The summed E-state index contributed by atoms with van der Waals surface area (Å²) in [7, 11) is 4.87. The van der Waals surface area contributed by atoms with Gasteiger partial charge in [0, 0.05) is 6.54 Å². The van der Waals surface area contributed by atoms with Gasteiger partial charge in [-0.3, -0.25) is 4.79 Å². The Morgan fingerprint density at radius 2 is 1.89 bits per heavy atom. The molecule has 0 radical (unpaired) electrons. The lowest BCUT2D eigenvalue weighted by molar-refractivity contribution is -0.0515. The monoisotopic (exact) mass is 382 g/mol. The summed E-state index contributed by atoms with van der Waals surface area (Å²) in [5, 5.41) is 2.68. The van der Waals surface area contributed by atoms with E-state index in [2.05, 4.69) is 10.1 Å². The van der Waals surface area contributed by atoms with Crippen LogP contribution in [0.4, 0.5) is 13.2 Å². The standard InChI is InChI=1S/C19H21F3N2O3/c1-24(2)15(12-6-4-7-13(20)10-12)11-23-18(25)14-8-5-9-16(26-3)17(14)27-19(21)22/h4-10,15,19H,11H2,1-3H3,(H,23,25). The lowest BCUT2D eigenvalue weighted by Crippen LogP contribution is -2.34. The second-order valence-corrected chi connectivity index (χ2v) is 5.96. The molecule has 1 unspecified atom stereocenters. The SMILES string of the molecule is COc1cccc(C(=O)NCC(c2cccc(F)c2)N(C)C)c1OC(F)F. The molecule has 1 amide bonds. The van der Waals surface area contributed by atoms with Crippen LogP contribution in [-0.2, 0) is 0 Å². The van der Waals surface area contributed by atoms with Crippen LogP contribution in [0.5, 0.6) is 11.5 Å². The number of benzene rings is 2. The van der Waals surface area contributed by atoms with Gasteiger partial charge in [-0.1, -0.05) is 18.2 Å². The molecule has 0 bridgehead atoms. The van der Waals surface area contributed by atoms with Crippen LogP contribution in [0.25, 0.3) is 0 Å². The Hall–Kier alpha value is -2.74. The van der Waals surface area contributed by atoms with Crippen LogP contribution in [-0.4, -0.2) is 45.2 Å². The van der Waals surface area contributed by atoms with Crippen molar-refractivity contribution in [1.29, 1.82) is 0 Å². The highest BCUT2D eigenvalue weighted by molar-refractivity contribution is 5.97. The average Bonchev–Trinajstić information content (AvgIpc) is 2.61. The Morgan fingerprint density at radius 3 is 2.48 bits per heavy atom. The Bertz CT molecular complexity index is 785. The molecule has 0 aromatic heterocycles. The van der Waals surface area contributed by atoms with Crippen molar-refractivity contribution in [3.05, 3.63) is 59.4 Å². The molecule has 0 aliphatic rings. The topological polar surface area (TPSA) is 50.8 Å². The Labute approximate surface area is 155 Å². The molecule has 146 valence electrons. The number of carbonyl (C=O) groups is 1. The molecule has 0 fully saturated rings. The predicted molar refractivity (Wildman–Crippen MR) is 94.8 cm³/mol. The van der Waals surface area contributed by atoms with E-state index in [4.69, 9.17) is 4.74 Å². The third kappa shape index (κ3) is 5.37. The van der Waals surface area contributed by atoms with Crippen molar-refractivity contribution < 1.29 is 27.4 Å². The van der Waals surface area contributed by atoms with Gasteiger partial charge >= 0.3 is 6.61 Å². The summed E-state index contributed by atoms with van der Waals surface area (Å²) in [5.74, 6) is -1.30. The summed E-state index contributed by atoms with van der Waals surface area (Å²) in [5.41, 5.74) is 0.599. The van der Waals surface area contributed by atoms with E-state index < -0.39 is 12.5 Å². The number of hydrogen-bond acceptors (Lipinski definition) is 4. The van der Waals surface area contributed by atoms with E-state index in [1.807, 2.05) is 4.90 Å². The number of likely N-dealkylation sites (N-methyl/N-ethyl adjacent to an activating group) is 1. The first-order valence-corrected chi connectivity index (χ1v) is 8.15. The van der Waals surface area contributed by atoms with Gasteiger partial charge in [-0.05, 0) is 43.9 Å². The minimum absolute atomic E-state index is 0.0252. The van der Waals surface area contributed by atoms with Gasteiger partial charge in [-0.2, -0.15) is 8.78 Å². The molecule has 0 aliphatic heterocycles. The van der Waals surface area contributed by atoms with E-state index in [9.17, 15) is 18.0 Å². The molecule has 0 spiro atoms. The molecule has 8 heteroatoms. The fourth-order valence-electron chi connectivity index (χ4n) is 2.66. The Kier molecular flexibility index (Phi) is 7.06. The van der Waals surface area contributed by atoms with Crippen molar-refractivity contribution in [1.82, 2.24) is 10.2 Å². The first-order valence-electron chi connectivity index (χ1n) is 8.15. The summed E-state index contributed by atoms with van der Waals surface area (Å²) in [6, 6.07) is 10.0. The quantitative estimate of drug-likeness (QED) is 0.760. The van der Waals surface area contributed by atoms with Crippen molar-refractivity contribution in [3.63, 3.8) is 0 Å². The average molecular weight is 382 g/mol. The maximum Gasteiger partial charge on any atom is 0.387 e. The molecule has 1 N–H and O–H groups in total. The van der Waals surface area contributed by atoms with Crippen LogP contribution in [0, 0.1) is 5.82 Å². The maximum atomic E-state index is 13.5. The van der Waals surface area contributed by atoms with Gasteiger partial charge in [0.25, 0.3) is 5.91 Å². The lowest BCUT2D eigenvalue weighted by Gasteiger charge is -2.25. The number of halogens is 3. The first-order chi connectivity index (χ1) is 12.8. The zero-order valence-corrected chi connectivity index (χ0v) is 15.2. The predicted octanol–water partition coefficient (Wildman–Crippen LogP) is 3.47. The van der Waals surface area contributed by atoms with Gasteiger partial charge in [-0.25, -0.2) is 4.39 Å². The van der Waals surface area contributed by atoms with E-state index >= 15 is 0 Å². The van der Waals surface area contributed by atoms with Gasteiger partial charge in [0.05, 0.1) is 18.7 Å². The summed E-state index contributed by atoms with van der Waals surface area (Å²) in [6.45, 7) is -2.96. The van der Waals surface area contributed by atoms with E-state index in [1.54, 1.807) is 26.2 Å². The minimum atomic E-state index is -3.10. The molecule has 2 aromatic carbocycles. The molecule has 0 saturated carbocycles. The van der Waals surface area contributed by atoms with Gasteiger partial charge in [0.1, 0.15) is 5.82 Å². The van der Waals surface area contributed by atoms with Crippen molar-refractivity contribution in [2.45, 2.75) is 12.7 Å². The van der Waals surface area contributed by atoms with E-state index in [0.29, 0.717) is 5.56 Å². The third-order valence-corrected chi connectivity index (χ3v) is 3.96. The lowest BCUT2D eigenvalue weighted by atomic mass is 10.1. The van der Waals surface area contributed by atoms with Crippen LogP contribution in [0.15, 0.2) is 42.5 Å². The van der Waals surface area contributed by atoms with Crippen LogP contribution in [0.3, 0.4) is 0 Å². The molecule has 0 heterocycles. The molecule has 5 nitrogen and oxygen atoms in total. The molecule has 0 saturated heterocycles. The van der Waals surface area contributed by atoms with Crippen molar-refractivity contribution in [2.24, 2.45) is 0 Å². The fraction of sp³-hybridized carbons (Fsp3) is 0.316. The van der Waals surface area contributed by atoms with Crippen LogP contribution >= 0.6 is 0 Å². The smallest absolute Gasteiger partial charge is 0.387 e. The zero-order chi connectivity index (χ0) is 20.0. The molecule has 2 aromatic rings. The van der Waals surface area contributed by atoms with Crippen LogP contribution in [0.2, 0.25) is 0 Å². The van der Waals surface area contributed by atoms with Gasteiger partial charge < -0.3 is 19.7 Å². The normalized spacial score (nSPS) is 12.1. The number of para-hydroxylation sites is 1. The number of methoxy groups -OCH3 is 1. The van der Waals surface area contributed by atoms with Crippen LogP contribution < -0.4 is 14.8 Å². The highest BCUT2D eigenvalue weighted by atomic mass is 19.3. The molecule has 0 aliphatic carbocycles. The third-order valence-electron chi connectivity index (χ3n) is 3.96. The maximum absolute atomic E-state index is 13.5. The first kappa shape index (κ1) is 20.6. The number of carbonyl (C=O) groups excluding carboxylic acids is 1. The van der Waals surface area contributed by atoms with Crippen LogP contribution in [0.1, 0.15) is 22.0 Å². The van der Waals surface area contributed by atoms with E-state index in [-0.39, 0.29) is 35.5 Å². The molecule has 27 heavy (non-hydrogen) atoms. The number of alkyl halides is 2. The number of nitrogens with zero attached hydrogens (tertiary/aromatic N) is 1. The van der Waals surface area contributed by atoms with E-state index in [0.717, 1.165) is 0 Å². The molecular weight excluding hydrogens is 361 g/mol. The van der Waals surface area contributed by atoms with Crippen molar-refractivity contribution in [2.75, 3.05) is 27.7 Å². The molecular formula is C19H21F3N2O3. The highest BCUT2D eigenvalue weighted by Crippen LogP contribution is 2.32. The van der Waals surface area contributed by atoms with Gasteiger partial charge in [-0.15, -0.1) is 0 Å². The molecule has 2 rings (SSSR count). The summed E-state index contributed by atoms with van der Waals surface area (Å²) >= 11 is 0. The van der Waals surface area contributed by atoms with E-state index in [1.165, 1.54) is 37.4 Å². The van der Waals surface area contributed by atoms with Crippen molar-refractivity contribution in [3.8, 4) is 11.5 Å². The summed E-state index contributed by atoms with van der Waals surface area (Å²) in [6.07, 6.45) is 0. The number of ether oxygens (including phenoxy) is 2. The number of amides is 1. The Morgan fingerprint density at radius 1 is 1.19 bits per heavy atom. The van der Waals surface area contributed by atoms with Crippen molar-refractivity contribution >= 4 is 5.91 Å². The minimum Gasteiger partial charge on any atom is -0.493 e. The summed E-state index contributed by atoms with van der Waals surface area (Å²) in [4.78, 5) is 14.4. The second-order valence-electron chi connectivity index (χ2n) is 5.96. The largest absolute Gasteiger partial charge is 0.493 e. The molecule has 1 atom stereocenters.